The zero-order valence-corrected chi connectivity index (χ0v) is 10.8. The lowest BCUT2D eigenvalue weighted by molar-refractivity contribution is 0.619. The second-order valence-electron chi connectivity index (χ2n) is 4.22. The quantitative estimate of drug-likeness (QED) is 0.878. The molecule has 0 saturated carbocycles. The number of halogens is 1. The van der Waals surface area contributed by atoms with Crippen molar-refractivity contribution < 1.29 is 4.39 Å². The molecular formula is C13H17FN4. The van der Waals surface area contributed by atoms with Crippen molar-refractivity contribution in [2.24, 2.45) is 7.05 Å². The highest BCUT2D eigenvalue weighted by Gasteiger charge is 2.13. The van der Waals surface area contributed by atoms with E-state index in [2.05, 4.69) is 10.4 Å². The Bertz CT molecular complexity index is 575. The van der Waals surface area contributed by atoms with Gasteiger partial charge in [-0.15, -0.1) is 0 Å². The van der Waals surface area contributed by atoms with E-state index in [0.717, 1.165) is 12.1 Å². The molecule has 0 aliphatic rings. The number of hydrogen-bond acceptors (Lipinski definition) is 3. The van der Waals surface area contributed by atoms with E-state index in [1.165, 1.54) is 6.07 Å². The van der Waals surface area contributed by atoms with Crippen molar-refractivity contribution in [3.05, 3.63) is 35.3 Å². The van der Waals surface area contributed by atoms with Gasteiger partial charge in [-0.05, 0) is 25.5 Å². The van der Waals surface area contributed by atoms with Crippen LogP contribution >= 0.6 is 0 Å². The Hall–Kier alpha value is -2.04. The number of hydrogen-bond donors (Lipinski definition) is 2. The van der Waals surface area contributed by atoms with Gasteiger partial charge in [-0.2, -0.15) is 5.10 Å². The van der Waals surface area contributed by atoms with Crippen LogP contribution in [0.25, 0.3) is 0 Å². The molecule has 0 atom stereocenters. The first-order valence-electron chi connectivity index (χ1n) is 5.88. The molecule has 1 aromatic heterocycles. The van der Waals surface area contributed by atoms with Crippen molar-refractivity contribution in [2.75, 3.05) is 11.1 Å². The Labute approximate surface area is 106 Å². The fourth-order valence-corrected chi connectivity index (χ4v) is 1.88. The molecule has 0 aliphatic heterocycles. The zero-order chi connectivity index (χ0) is 13.3. The second kappa shape index (κ2) is 4.68. The van der Waals surface area contributed by atoms with Crippen LogP contribution in [0.15, 0.2) is 18.2 Å². The van der Waals surface area contributed by atoms with Gasteiger partial charge in [0.05, 0.1) is 11.4 Å². The van der Waals surface area contributed by atoms with E-state index < -0.39 is 0 Å². The molecule has 4 nitrogen and oxygen atoms in total. The smallest absolute Gasteiger partial charge is 0.152 e. The van der Waals surface area contributed by atoms with Crippen LogP contribution < -0.4 is 11.1 Å². The van der Waals surface area contributed by atoms with Crippen molar-refractivity contribution in [3.63, 3.8) is 0 Å². The lowest BCUT2D eigenvalue weighted by Gasteiger charge is -2.10. The van der Waals surface area contributed by atoms with Gasteiger partial charge >= 0.3 is 0 Å². The Balaban J connectivity index is 2.40. The van der Waals surface area contributed by atoms with Crippen LogP contribution in [0, 0.1) is 12.7 Å². The summed E-state index contributed by atoms with van der Waals surface area (Å²) in [5.41, 5.74) is 8.73. The molecule has 0 radical (unpaired) electrons. The summed E-state index contributed by atoms with van der Waals surface area (Å²) in [4.78, 5) is 0. The number of aromatic nitrogens is 2. The molecule has 18 heavy (non-hydrogen) atoms. The molecule has 1 aromatic carbocycles. The topological polar surface area (TPSA) is 55.9 Å². The summed E-state index contributed by atoms with van der Waals surface area (Å²) in [5.74, 6) is 0.456. The van der Waals surface area contributed by atoms with Crippen LogP contribution in [0.2, 0.25) is 0 Å². The van der Waals surface area contributed by atoms with E-state index in [-0.39, 0.29) is 5.82 Å². The average molecular weight is 248 g/mol. The van der Waals surface area contributed by atoms with Crippen LogP contribution in [0.5, 0.6) is 0 Å². The van der Waals surface area contributed by atoms with Crippen LogP contribution in [0.4, 0.5) is 21.6 Å². The summed E-state index contributed by atoms with van der Waals surface area (Å²) in [7, 11) is 1.81. The third-order valence-electron chi connectivity index (χ3n) is 3.02. The van der Waals surface area contributed by atoms with E-state index in [0.29, 0.717) is 22.8 Å². The first-order valence-corrected chi connectivity index (χ1v) is 5.88. The minimum atomic E-state index is -0.239. The number of nitrogens with one attached hydrogen (secondary N) is 1. The first kappa shape index (κ1) is 12.4. The Morgan fingerprint density at radius 3 is 2.78 bits per heavy atom. The van der Waals surface area contributed by atoms with E-state index in [1.54, 1.807) is 17.7 Å². The van der Waals surface area contributed by atoms with Crippen LogP contribution in [0.1, 0.15) is 18.2 Å². The minimum absolute atomic E-state index is 0.239. The summed E-state index contributed by atoms with van der Waals surface area (Å²) in [6, 6.07) is 4.92. The van der Waals surface area contributed by atoms with Gasteiger partial charge in [0.15, 0.2) is 5.82 Å². The van der Waals surface area contributed by atoms with Gasteiger partial charge in [0, 0.05) is 18.3 Å². The van der Waals surface area contributed by atoms with Gasteiger partial charge in [-0.25, -0.2) is 4.39 Å². The maximum Gasteiger partial charge on any atom is 0.152 e. The summed E-state index contributed by atoms with van der Waals surface area (Å²) in [5, 5.41) is 7.45. The summed E-state index contributed by atoms with van der Waals surface area (Å²) >= 11 is 0. The third-order valence-corrected chi connectivity index (χ3v) is 3.02. The number of nitrogens with two attached hydrogens (primary N) is 1. The highest BCUT2D eigenvalue weighted by Crippen LogP contribution is 2.28. The molecule has 0 amide bonds. The number of nitrogens with zero attached hydrogens (tertiary/aromatic N) is 2. The van der Waals surface area contributed by atoms with Gasteiger partial charge in [0.2, 0.25) is 0 Å². The maximum atomic E-state index is 13.5. The number of aryl methyl sites for hydroxylation is 2. The van der Waals surface area contributed by atoms with E-state index in [1.807, 2.05) is 20.0 Å². The van der Waals surface area contributed by atoms with Crippen molar-refractivity contribution in [1.29, 1.82) is 0 Å². The molecule has 96 valence electrons. The number of rotatable bonds is 3. The second-order valence-corrected chi connectivity index (χ2v) is 4.22. The van der Waals surface area contributed by atoms with Gasteiger partial charge in [0.1, 0.15) is 5.82 Å². The summed E-state index contributed by atoms with van der Waals surface area (Å²) in [6.45, 7) is 3.72. The van der Waals surface area contributed by atoms with Gasteiger partial charge in [0.25, 0.3) is 0 Å². The van der Waals surface area contributed by atoms with Crippen molar-refractivity contribution in [1.82, 2.24) is 9.78 Å². The van der Waals surface area contributed by atoms with Crippen molar-refractivity contribution in [2.45, 2.75) is 20.3 Å². The zero-order valence-electron chi connectivity index (χ0n) is 10.8. The number of anilines is 3. The van der Waals surface area contributed by atoms with Crippen molar-refractivity contribution >= 4 is 17.2 Å². The highest BCUT2D eigenvalue weighted by molar-refractivity contribution is 5.72. The monoisotopic (exact) mass is 248 g/mol. The molecule has 0 unspecified atom stereocenters. The predicted octanol–water partition coefficient (Wildman–Crippen LogP) is 2.76. The molecule has 5 heteroatoms. The molecular weight excluding hydrogens is 231 g/mol. The van der Waals surface area contributed by atoms with Gasteiger partial charge < -0.3 is 11.1 Å². The first-order chi connectivity index (χ1) is 8.54. The maximum absolute atomic E-state index is 13.5. The SMILES string of the molecule is CCc1nn(C)c(Nc2cccc(F)c2C)c1N. The molecule has 0 aliphatic carbocycles. The predicted molar refractivity (Wildman–Crippen MR) is 71.4 cm³/mol. The Kier molecular flexibility index (Phi) is 3.23. The van der Waals surface area contributed by atoms with Crippen LogP contribution in [0.3, 0.4) is 0 Å². The fourth-order valence-electron chi connectivity index (χ4n) is 1.88. The fraction of sp³-hybridized carbons (Fsp3) is 0.308. The molecule has 0 fully saturated rings. The van der Waals surface area contributed by atoms with Crippen LogP contribution in [-0.4, -0.2) is 9.78 Å². The largest absolute Gasteiger partial charge is 0.394 e. The van der Waals surface area contributed by atoms with Crippen molar-refractivity contribution in [3.8, 4) is 0 Å². The van der Waals surface area contributed by atoms with Crippen LogP contribution in [-0.2, 0) is 13.5 Å². The summed E-state index contributed by atoms with van der Waals surface area (Å²) < 4.78 is 15.1. The lowest BCUT2D eigenvalue weighted by atomic mass is 10.2. The lowest BCUT2D eigenvalue weighted by Crippen LogP contribution is -2.03. The molecule has 2 rings (SSSR count). The molecule has 0 bridgehead atoms. The van der Waals surface area contributed by atoms with Gasteiger partial charge in [-0.1, -0.05) is 13.0 Å². The number of nitrogen functional groups attached to an aromatic ring is 1. The normalized spacial score (nSPS) is 10.7. The molecule has 0 saturated heterocycles. The van der Waals surface area contributed by atoms with E-state index in [9.17, 15) is 4.39 Å². The van der Waals surface area contributed by atoms with Gasteiger partial charge in [-0.3, -0.25) is 4.68 Å². The molecule has 3 N–H and O–H groups in total. The highest BCUT2D eigenvalue weighted by atomic mass is 19.1. The summed E-state index contributed by atoms with van der Waals surface area (Å²) in [6.07, 6.45) is 0.767. The molecule has 2 aromatic rings. The Morgan fingerprint density at radius 1 is 1.44 bits per heavy atom. The standard InChI is InChI=1S/C13H17FN4/c1-4-10-12(15)13(18(3)17-10)16-11-7-5-6-9(14)8(11)2/h5-7,16H,4,15H2,1-3H3. The third kappa shape index (κ3) is 2.03. The minimum Gasteiger partial charge on any atom is -0.394 e. The molecule has 1 heterocycles. The average Bonchev–Trinajstić information content (AvgIpc) is 2.62. The van der Waals surface area contributed by atoms with E-state index in [4.69, 9.17) is 5.73 Å². The number of benzene rings is 1. The molecule has 0 spiro atoms. The Morgan fingerprint density at radius 2 is 2.17 bits per heavy atom. The van der Waals surface area contributed by atoms with E-state index >= 15 is 0 Å².